The van der Waals surface area contributed by atoms with Gasteiger partial charge in [-0.05, 0) is 39.7 Å². The first kappa shape index (κ1) is 8.52. The van der Waals surface area contributed by atoms with Gasteiger partial charge in [0.15, 0.2) is 0 Å². The highest BCUT2D eigenvalue weighted by atomic mass is 16.5. The van der Waals surface area contributed by atoms with Gasteiger partial charge in [0.1, 0.15) is 0 Å². The largest absolute Gasteiger partial charge is 0.378 e. The molecule has 2 aliphatic rings. The number of piperidine rings is 1. The minimum absolute atomic E-state index is 0.559. The Balaban J connectivity index is 1.93. The van der Waals surface area contributed by atoms with Gasteiger partial charge >= 0.3 is 0 Å². The lowest BCUT2D eigenvalue weighted by Gasteiger charge is -2.35. The van der Waals surface area contributed by atoms with Gasteiger partial charge in [-0.2, -0.15) is 0 Å². The maximum absolute atomic E-state index is 5.69. The van der Waals surface area contributed by atoms with E-state index >= 15 is 0 Å². The number of hydrogen-bond acceptors (Lipinski definition) is 2. The van der Waals surface area contributed by atoms with Gasteiger partial charge in [-0.15, -0.1) is 0 Å². The molecular weight excluding hydrogens is 150 g/mol. The van der Waals surface area contributed by atoms with E-state index in [1.807, 2.05) is 0 Å². The highest BCUT2D eigenvalue weighted by Gasteiger charge is 2.38. The van der Waals surface area contributed by atoms with E-state index in [1.165, 1.54) is 25.7 Å². The van der Waals surface area contributed by atoms with E-state index in [-0.39, 0.29) is 0 Å². The molecule has 0 saturated carbocycles. The quantitative estimate of drug-likeness (QED) is 0.623. The summed E-state index contributed by atoms with van der Waals surface area (Å²) in [5.74, 6) is 0. The van der Waals surface area contributed by atoms with Gasteiger partial charge in [-0.1, -0.05) is 0 Å². The number of ether oxygens (including phenoxy) is 1. The number of hydrogen-bond donors (Lipinski definition) is 0. The normalized spacial score (nSPS) is 42.0. The van der Waals surface area contributed by atoms with E-state index in [9.17, 15) is 0 Å². The Morgan fingerprint density at radius 3 is 2.33 bits per heavy atom. The smallest absolute Gasteiger partial charge is 0.0604 e. The van der Waals surface area contributed by atoms with Crippen molar-refractivity contribution in [3.8, 4) is 0 Å². The summed E-state index contributed by atoms with van der Waals surface area (Å²) < 4.78 is 5.69. The average Bonchev–Trinajstić information content (AvgIpc) is 2.33. The van der Waals surface area contributed by atoms with Gasteiger partial charge < -0.3 is 9.64 Å². The Labute approximate surface area is 74.9 Å². The molecule has 0 N–H and O–H groups in total. The van der Waals surface area contributed by atoms with E-state index < -0.39 is 0 Å². The zero-order chi connectivity index (χ0) is 8.55. The molecule has 0 amide bonds. The summed E-state index contributed by atoms with van der Waals surface area (Å²) in [6.07, 6.45) is 5.88. The van der Waals surface area contributed by atoms with Crippen LogP contribution < -0.4 is 0 Å². The first-order valence-corrected chi connectivity index (χ1v) is 5.14. The summed E-state index contributed by atoms with van der Waals surface area (Å²) in [6, 6.07) is 1.64. The van der Waals surface area contributed by atoms with Crippen LogP contribution in [0.2, 0.25) is 0 Å². The van der Waals surface area contributed by atoms with Crippen molar-refractivity contribution < 1.29 is 4.74 Å². The minimum atomic E-state index is 0.559. The first-order chi connectivity index (χ1) is 5.81. The number of rotatable bonds is 2. The van der Waals surface area contributed by atoms with E-state index in [1.54, 1.807) is 0 Å². The topological polar surface area (TPSA) is 12.5 Å². The fraction of sp³-hybridized carbons (Fsp3) is 1.00. The summed E-state index contributed by atoms with van der Waals surface area (Å²) >= 11 is 0. The van der Waals surface area contributed by atoms with Crippen LogP contribution >= 0.6 is 0 Å². The fourth-order valence-electron chi connectivity index (χ4n) is 2.73. The molecule has 2 nitrogen and oxygen atoms in total. The molecule has 2 rings (SSSR count). The Morgan fingerprint density at radius 1 is 1.25 bits per heavy atom. The van der Waals surface area contributed by atoms with Crippen LogP contribution in [0.5, 0.6) is 0 Å². The Bertz CT molecular complexity index is 146. The van der Waals surface area contributed by atoms with Gasteiger partial charge in [0, 0.05) is 18.7 Å². The van der Waals surface area contributed by atoms with E-state index in [4.69, 9.17) is 4.74 Å². The molecule has 70 valence electrons. The number of fused-ring (bicyclic) bond motifs is 2. The monoisotopic (exact) mass is 169 g/mol. The molecule has 0 aromatic carbocycles. The van der Waals surface area contributed by atoms with Crippen LogP contribution in [-0.2, 0) is 4.74 Å². The summed E-state index contributed by atoms with van der Waals surface area (Å²) in [7, 11) is 2.27. The van der Waals surface area contributed by atoms with E-state index in [0.717, 1.165) is 18.7 Å². The summed E-state index contributed by atoms with van der Waals surface area (Å²) in [4.78, 5) is 2.55. The van der Waals surface area contributed by atoms with Crippen molar-refractivity contribution in [3.63, 3.8) is 0 Å². The first-order valence-electron chi connectivity index (χ1n) is 5.14. The van der Waals surface area contributed by atoms with Gasteiger partial charge in [-0.3, -0.25) is 0 Å². The highest BCUT2D eigenvalue weighted by Crippen LogP contribution is 2.35. The zero-order valence-electron chi connectivity index (χ0n) is 8.12. The predicted octanol–water partition coefficient (Wildman–Crippen LogP) is 1.65. The second kappa shape index (κ2) is 3.35. The summed E-state index contributed by atoms with van der Waals surface area (Å²) in [5.41, 5.74) is 0. The van der Waals surface area contributed by atoms with Crippen molar-refractivity contribution in [1.29, 1.82) is 0 Å². The van der Waals surface area contributed by atoms with Crippen molar-refractivity contribution >= 4 is 0 Å². The third kappa shape index (κ3) is 1.38. The Kier molecular flexibility index (Phi) is 2.37. The number of nitrogens with zero attached hydrogens (tertiary/aromatic N) is 1. The van der Waals surface area contributed by atoms with Crippen LogP contribution in [0.15, 0.2) is 0 Å². The van der Waals surface area contributed by atoms with Crippen LogP contribution in [0.1, 0.15) is 32.6 Å². The fourth-order valence-corrected chi connectivity index (χ4v) is 2.73. The van der Waals surface area contributed by atoms with Crippen molar-refractivity contribution in [2.24, 2.45) is 0 Å². The van der Waals surface area contributed by atoms with E-state index in [0.29, 0.717) is 6.10 Å². The lowest BCUT2D eigenvalue weighted by atomic mass is 10.0. The Hall–Kier alpha value is -0.0800. The molecule has 1 unspecified atom stereocenters. The SMILES string of the molecule is CCOC1C[C@H]2CC[C@@H](C1)N2C. The van der Waals surface area contributed by atoms with Crippen LogP contribution in [0, 0.1) is 0 Å². The van der Waals surface area contributed by atoms with E-state index in [2.05, 4.69) is 18.9 Å². The molecule has 2 bridgehead atoms. The van der Waals surface area contributed by atoms with Gasteiger partial charge in [-0.25, -0.2) is 0 Å². The molecular formula is C10H19NO. The molecule has 0 aromatic heterocycles. The molecule has 0 spiro atoms. The van der Waals surface area contributed by atoms with Gasteiger partial charge in [0.25, 0.3) is 0 Å². The predicted molar refractivity (Wildman–Crippen MR) is 49.2 cm³/mol. The third-order valence-corrected chi connectivity index (χ3v) is 3.46. The maximum Gasteiger partial charge on any atom is 0.0604 e. The van der Waals surface area contributed by atoms with Gasteiger partial charge in [0.2, 0.25) is 0 Å². The molecule has 2 heteroatoms. The molecule has 0 radical (unpaired) electrons. The van der Waals surface area contributed by atoms with Crippen molar-refractivity contribution in [3.05, 3.63) is 0 Å². The van der Waals surface area contributed by atoms with Crippen LogP contribution in [0.3, 0.4) is 0 Å². The van der Waals surface area contributed by atoms with Crippen molar-refractivity contribution in [2.45, 2.75) is 50.8 Å². The lowest BCUT2D eigenvalue weighted by Crippen LogP contribution is -2.42. The maximum atomic E-state index is 5.69. The molecule has 0 aromatic rings. The molecule has 12 heavy (non-hydrogen) atoms. The van der Waals surface area contributed by atoms with Crippen molar-refractivity contribution in [1.82, 2.24) is 4.90 Å². The van der Waals surface area contributed by atoms with Crippen LogP contribution in [0.4, 0.5) is 0 Å². The summed E-state index contributed by atoms with van der Waals surface area (Å²) in [5, 5.41) is 0. The van der Waals surface area contributed by atoms with Crippen LogP contribution in [-0.4, -0.2) is 36.7 Å². The molecule has 3 atom stereocenters. The van der Waals surface area contributed by atoms with Crippen molar-refractivity contribution in [2.75, 3.05) is 13.7 Å². The molecule has 2 heterocycles. The molecule has 2 aliphatic heterocycles. The standard InChI is InChI=1S/C10H19NO/c1-3-12-10-6-8-4-5-9(7-10)11(8)2/h8-10H,3-7H2,1-2H3/t8-,9+,10?. The Morgan fingerprint density at radius 2 is 1.83 bits per heavy atom. The minimum Gasteiger partial charge on any atom is -0.378 e. The zero-order valence-corrected chi connectivity index (χ0v) is 8.12. The molecule has 2 saturated heterocycles. The average molecular weight is 169 g/mol. The molecule has 0 aliphatic carbocycles. The lowest BCUT2D eigenvalue weighted by molar-refractivity contribution is -0.00648. The van der Waals surface area contributed by atoms with Gasteiger partial charge in [0.05, 0.1) is 6.10 Å². The van der Waals surface area contributed by atoms with Crippen LogP contribution in [0.25, 0.3) is 0 Å². The molecule has 2 fully saturated rings. The highest BCUT2D eigenvalue weighted by molar-refractivity contribution is 4.93. The summed E-state index contributed by atoms with van der Waals surface area (Å²) in [6.45, 7) is 2.98. The second-order valence-corrected chi connectivity index (χ2v) is 4.10. The second-order valence-electron chi connectivity index (χ2n) is 4.10. The third-order valence-electron chi connectivity index (χ3n) is 3.46.